The number of hydrogen-bond acceptors (Lipinski definition) is 9. The largest absolute Gasteiger partial charge is 0.468 e. The molecule has 4 atom stereocenters. The molecule has 0 saturated heterocycles. The molecule has 0 amide bonds. The summed E-state index contributed by atoms with van der Waals surface area (Å²) < 4.78 is 21.5. The predicted molar refractivity (Wildman–Crippen MR) is 148 cm³/mol. The van der Waals surface area contributed by atoms with Crippen LogP contribution < -0.4 is 14.8 Å². The number of carbonyl (C=O) groups is 4. The zero-order valence-electron chi connectivity index (χ0n) is 24.8. The Kier molecular flexibility index (Phi) is 15.4. The number of rotatable bonds is 17. The SMILES string of the molecule is CCCC(C)C(=O)Oc1ccc(C[C@H](NCCOC(=O)C(C)C(C)C)C(=O)OC)cc1OC(=O)C(C)CCC. The Hall–Kier alpha value is -2.94. The molecule has 0 saturated carbocycles. The van der Waals surface area contributed by atoms with E-state index in [0.717, 1.165) is 12.8 Å². The van der Waals surface area contributed by atoms with E-state index in [-0.39, 0.29) is 60.7 Å². The summed E-state index contributed by atoms with van der Waals surface area (Å²) in [5.41, 5.74) is 0.663. The Morgan fingerprint density at radius 3 is 1.87 bits per heavy atom. The number of ether oxygens (including phenoxy) is 4. The van der Waals surface area contributed by atoms with Crippen LogP contribution in [0.3, 0.4) is 0 Å². The van der Waals surface area contributed by atoms with Gasteiger partial charge in [-0.1, -0.05) is 67.4 Å². The standard InChI is InChI=1S/C30H47NO8/c1-9-11-20(5)27(32)38-25-14-13-23(18-26(25)39-28(33)21(6)12-10-2)17-24(30(35)36-8)31-15-16-37-29(34)22(7)19(3)4/h13-14,18-22,24,31H,9-12,15-17H2,1-8H3/t20?,21?,22?,24-/m0/s1. The number of benzene rings is 1. The van der Waals surface area contributed by atoms with Gasteiger partial charge in [-0.25, -0.2) is 0 Å². The molecule has 3 unspecified atom stereocenters. The van der Waals surface area contributed by atoms with E-state index >= 15 is 0 Å². The summed E-state index contributed by atoms with van der Waals surface area (Å²) in [5.74, 6) is -2.02. The molecular weight excluding hydrogens is 502 g/mol. The fourth-order valence-corrected chi connectivity index (χ4v) is 3.77. The van der Waals surface area contributed by atoms with Crippen molar-refractivity contribution in [2.45, 2.75) is 86.6 Å². The molecule has 0 aromatic heterocycles. The van der Waals surface area contributed by atoms with Gasteiger partial charge in [-0.2, -0.15) is 0 Å². The topological polar surface area (TPSA) is 117 Å². The highest BCUT2D eigenvalue weighted by Crippen LogP contribution is 2.31. The average molecular weight is 550 g/mol. The summed E-state index contributed by atoms with van der Waals surface area (Å²) in [6, 6.07) is 4.15. The molecule has 0 bridgehead atoms. The molecule has 0 aliphatic rings. The molecule has 0 heterocycles. The lowest BCUT2D eigenvalue weighted by atomic mass is 9.99. The maximum atomic E-state index is 12.7. The van der Waals surface area contributed by atoms with Crippen molar-refractivity contribution >= 4 is 23.9 Å². The maximum Gasteiger partial charge on any atom is 0.323 e. The normalized spacial score (nSPS) is 14.2. The molecule has 9 nitrogen and oxygen atoms in total. The van der Waals surface area contributed by atoms with Crippen molar-refractivity contribution in [2.24, 2.45) is 23.7 Å². The van der Waals surface area contributed by atoms with Crippen molar-refractivity contribution in [3.63, 3.8) is 0 Å². The van der Waals surface area contributed by atoms with E-state index < -0.39 is 23.9 Å². The summed E-state index contributed by atoms with van der Waals surface area (Å²) in [6.07, 6.45) is 3.21. The second-order valence-electron chi connectivity index (χ2n) is 10.4. The molecule has 0 spiro atoms. The molecule has 1 aromatic rings. The van der Waals surface area contributed by atoms with Gasteiger partial charge in [0.05, 0.1) is 24.9 Å². The number of nitrogens with one attached hydrogen (secondary N) is 1. The number of carbonyl (C=O) groups excluding carboxylic acids is 4. The first-order valence-corrected chi connectivity index (χ1v) is 14.0. The highest BCUT2D eigenvalue weighted by atomic mass is 16.6. The second kappa shape index (κ2) is 17.6. The lowest BCUT2D eigenvalue weighted by molar-refractivity contribution is -0.149. The first-order valence-electron chi connectivity index (χ1n) is 14.0. The van der Waals surface area contributed by atoms with Crippen LogP contribution in [0, 0.1) is 23.7 Å². The van der Waals surface area contributed by atoms with Crippen molar-refractivity contribution in [3.05, 3.63) is 23.8 Å². The van der Waals surface area contributed by atoms with Crippen molar-refractivity contribution < 1.29 is 38.1 Å². The minimum absolute atomic E-state index is 0.104. The van der Waals surface area contributed by atoms with Gasteiger partial charge in [0.1, 0.15) is 12.6 Å². The van der Waals surface area contributed by atoms with Gasteiger partial charge >= 0.3 is 23.9 Å². The summed E-state index contributed by atoms with van der Waals surface area (Å²) in [4.78, 5) is 49.8. The van der Waals surface area contributed by atoms with Gasteiger partial charge < -0.3 is 24.3 Å². The van der Waals surface area contributed by atoms with E-state index in [4.69, 9.17) is 18.9 Å². The van der Waals surface area contributed by atoms with Crippen LogP contribution >= 0.6 is 0 Å². The quantitative estimate of drug-likeness (QED) is 0.165. The molecule has 0 fully saturated rings. The zero-order chi connectivity index (χ0) is 29.5. The van der Waals surface area contributed by atoms with Crippen LogP contribution in [-0.4, -0.2) is 50.2 Å². The van der Waals surface area contributed by atoms with Crippen LogP contribution in [0.2, 0.25) is 0 Å². The molecular formula is C30H47NO8. The fraction of sp³-hybridized carbons (Fsp3) is 0.667. The van der Waals surface area contributed by atoms with Crippen molar-refractivity contribution in [1.82, 2.24) is 5.32 Å². The van der Waals surface area contributed by atoms with Crippen LogP contribution in [-0.2, 0) is 35.1 Å². The van der Waals surface area contributed by atoms with Gasteiger partial charge in [0.2, 0.25) is 0 Å². The van der Waals surface area contributed by atoms with E-state index in [1.807, 2.05) is 34.6 Å². The molecule has 220 valence electrons. The van der Waals surface area contributed by atoms with E-state index in [0.29, 0.717) is 18.4 Å². The summed E-state index contributed by atoms with van der Waals surface area (Å²) >= 11 is 0. The lowest BCUT2D eigenvalue weighted by Crippen LogP contribution is -2.41. The third kappa shape index (κ3) is 11.8. The van der Waals surface area contributed by atoms with Gasteiger partial charge in [0.15, 0.2) is 11.5 Å². The molecule has 39 heavy (non-hydrogen) atoms. The molecule has 0 aliphatic carbocycles. The molecule has 9 heteroatoms. The highest BCUT2D eigenvalue weighted by Gasteiger charge is 2.24. The smallest absolute Gasteiger partial charge is 0.323 e. The number of esters is 4. The number of methoxy groups -OCH3 is 1. The summed E-state index contributed by atoms with van der Waals surface area (Å²) in [5, 5.41) is 3.07. The summed E-state index contributed by atoms with van der Waals surface area (Å²) in [6.45, 7) is 13.6. The first-order chi connectivity index (χ1) is 18.4. The Morgan fingerprint density at radius 2 is 1.36 bits per heavy atom. The predicted octanol–water partition coefficient (Wildman–Crippen LogP) is 4.88. The van der Waals surface area contributed by atoms with E-state index in [2.05, 4.69) is 5.32 Å². The molecule has 1 aromatic carbocycles. The first kappa shape index (κ1) is 34.1. The van der Waals surface area contributed by atoms with Gasteiger partial charge in [-0.05, 0) is 42.9 Å². The van der Waals surface area contributed by atoms with E-state index in [1.165, 1.54) is 7.11 Å². The van der Waals surface area contributed by atoms with Crippen LogP contribution in [0.25, 0.3) is 0 Å². The minimum Gasteiger partial charge on any atom is -0.468 e. The Labute approximate surface area is 233 Å². The highest BCUT2D eigenvalue weighted by molar-refractivity contribution is 5.79. The zero-order valence-corrected chi connectivity index (χ0v) is 24.8. The number of hydrogen-bond donors (Lipinski definition) is 1. The van der Waals surface area contributed by atoms with Crippen LogP contribution in [0.4, 0.5) is 0 Å². The van der Waals surface area contributed by atoms with Crippen LogP contribution in [0.15, 0.2) is 18.2 Å². The van der Waals surface area contributed by atoms with Crippen molar-refractivity contribution in [1.29, 1.82) is 0 Å². The lowest BCUT2D eigenvalue weighted by Gasteiger charge is -2.19. The Bertz CT molecular complexity index is 945. The van der Waals surface area contributed by atoms with Gasteiger partial charge in [0.25, 0.3) is 0 Å². The van der Waals surface area contributed by atoms with Gasteiger partial charge in [0, 0.05) is 6.54 Å². The van der Waals surface area contributed by atoms with E-state index in [9.17, 15) is 19.2 Å². The van der Waals surface area contributed by atoms with E-state index in [1.54, 1.807) is 32.0 Å². The second-order valence-corrected chi connectivity index (χ2v) is 10.4. The average Bonchev–Trinajstić information content (AvgIpc) is 2.90. The van der Waals surface area contributed by atoms with Crippen LogP contribution in [0.5, 0.6) is 11.5 Å². The molecule has 1 N–H and O–H groups in total. The summed E-state index contributed by atoms with van der Waals surface area (Å²) in [7, 11) is 1.30. The van der Waals surface area contributed by atoms with Crippen molar-refractivity contribution in [3.8, 4) is 11.5 Å². The maximum absolute atomic E-state index is 12.7. The van der Waals surface area contributed by atoms with Crippen LogP contribution in [0.1, 0.15) is 79.7 Å². The van der Waals surface area contributed by atoms with Crippen molar-refractivity contribution in [2.75, 3.05) is 20.3 Å². The Balaban J connectivity index is 3.07. The molecule has 0 radical (unpaired) electrons. The fourth-order valence-electron chi connectivity index (χ4n) is 3.77. The van der Waals surface area contributed by atoms with Gasteiger partial charge in [-0.15, -0.1) is 0 Å². The monoisotopic (exact) mass is 549 g/mol. The molecule has 0 aliphatic heterocycles. The third-order valence-corrected chi connectivity index (χ3v) is 6.71. The third-order valence-electron chi connectivity index (χ3n) is 6.71. The Morgan fingerprint density at radius 1 is 0.795 bits per heavy atom. The van der Waals surface area contributed by atoms with Gasteiger partial charge in [-0.3, -0.25) is 19.2 Å². The minimum atomic E-state index is -0.739. The molecule has 1 rings (SSSR count).